The predicted molar refractivity (Wildman–Crippen MR) is 71.2 cm³/mol. The van der Waals surface area contributed by atoms with Crippen LogP contribution >= 0.6 is 0 Å². The van der Waals surface area contributed by atoms with Crippen molar-refractivity contribution >= 4 is 11.9 Å². The Balaban J connectivity index is 2.36. The van der Waals surface area contributed by atoms with E-state index in [1.165, 1.54) is 6.42 Å². The van der Waals surface area contributed by atoms with Gasteiger partial charge in [-0.15, -0.1) is 6.58 Å². The molecule has 1 rings (SSSR count). The molecule has 0 atom stereocenters. The molecule has 1 aliphatic carbocycles. The quantitative estimate of drug-likeness (QED) is 0.701. The van der Waals surface area contributed by atoms with E-state index in [0.717, 1.165) is 12.8 Å². The van der Waals surface area contributed by atoms with Gasteiger partial charge in [0.05, 0.1) is 6.54 Å². The molecule has 0 radical (unpaired) electrons. The van der Waals surface area contributed by atoms with E-state index >= 15 is 0 Å². The lowest BCUT2D eigenvalue weighted by atomic mass is 9.90. The van der Waals surface area contributed by atoms with Crippen molar-refractivity contribution in [3.05, 3.63) is 12.7 Å². The van der Waals surface area contributed by atoms with Crippen LogP contribution in [0.1, 0.15) is 33.1 Å². The van der Waals surface area contributed by atoms with E-state index in [-0.39, 0.29) is 12.5 Å². The summed E-state index contributed by atoms with van der Waals surface area (Å²) in [5.41, 5.74) is 0. The minimum absolute atomic E-state index is 0.253. The highest BCUT2D eigenvalue weighted by Crippen LogP contribution is 2.25. The molecule has 5 nitrogen and oxygen atoms in total. The molecule has 0 spiro atoms. The van der Waals surface area contributed by atoms with E-state index < -0.39 is 6.03 Å². The average molecular weight is 253 g/mol. The number of hydrogen-bond donors (Lipinski definition) is 2. The summed E-state index contributed by atoms with van der Waals surface area (Å²) >= 11 is 0. The second kappa shape index (κ2) is 7.16. The molecule has 0 aromatic heterocycles. The Bertz CT molecular complexity index is 311. The number of rotatable bonds is 6. The first kappa shape index (κ1) is 14.7. The van der Waals surface area contributed by atoms with Crippen LogP contribution in [0.5, 0.6) is 0 Å². The van der Waals surface area contributed by atoms with Gasteiger partial charge in [-0.1, -0.05) is 12.5 Å². The lowest BCUT2D eigenvalue weighted by molar-refractivity contribution is -0.122. The lowest BCUT2D eigenvalue weighted by Gasteiger charge is -2.39. The minimum Gasteiger partial charge on any atom is -0.334 e. The Labute approximate surface area is 109 Å². The van der Waals surface area contributed by atoms with Gasteiger partial charge in [0, 0.05) is 18.6 Å². The first-order chi connectivity index (χ1) is 8.54. The zero-order valence-corrected chi connectivity index (χ0v) is 11.2. The second-order valence-corrected chi connectivity index (χ2v) is 4.90. The van der Waals surface area contributed by atoms with Crippen molar-refractivity contribution in [3.63, 3.8) is 0 Å². The Hall–Kier alpha value is -1.36. The molecule has 1 fully saturated rings. The predicted octanol–water partition coefficient (Wildman–Crippen LogP) is 1.26. The summed E-state index contributed by atoms with van der Waals surface area (Å²) in [4.78, 5) is 25.2. The Morgan fingerprint density at radius 1 is 1.44 bits per heavy atom. The van der Waals surface area contributed by atoms with Gasteiger partial charge in [0.2, 0.25) is 5.91 Å². The van der Waals surface area contributed by atoms with Gasteiger partial charge in [-0.3, -0.25) is 15.0 Å². The third-order valence-electron chi connectivity index (χ3n) is 3.19. The first-order valence-corrected chi connectivity index (χ1v) is 6.49. The van der Waals surface area contributed by atoms with Crippen LogP contribution in [-0.2, 0) is 4.79 Å². The van der Waals surface area contributed by atoms with E-state index in [0.29, 0.717) is 18.6 Å². The van der Waals surface area contributed by atoms with Crippen LogP contribution in [0.3, 0.4) is 0 Å². The summed E-state index contributed by atoms with van der Waals surface area (Å²) in [5, 5.41) is 4.84. The van der Waals surface area contributed by atoms with E-state index in [4.69, 9.17) is 0 Å². The van der Waals surface area contributed by atoms with Gasteiger partial charge >= 0.3 is 6.03 Å². The molecule has 0 heterocycles. The number of nitrogens with zero attached hydrogens (tertiary/aromatic N) is 1. The normalized spacial score (nSPS) is 15.3. The molecule has 0 aromatic carbocycles. The van der Waals surface area contributed by atoms with Gasteiger partial charge in [-0.05, 0) is 26.7 Å². The second-order valence-electron chi connectivity index (χ2n) is 4.90. The number of amides is 3. The summed E-state index contributed by atoms with van der Waals surface area (Å²) < 4.78 is 0. The number of urea groups is 1. The van der Waals surface area contributed by atoms with Gasteiger partial charge in [-0.25, -0.2) is 4.79 Å². The molecule has 0 unspecified atom stereocenters. The number of nitrogens with one attached hydrogen (secondary N) is 2. The zero-order chi connectivity index (χ0) is 13.5. The molecule has 0 saturated heterocycles. The van der Waals surface area contributed by atoms with Crippen molar-refractivity contribution in [2.75, 3.05) is 13.1 Å². The van der Waals surface area contributed by atoms with Crippen LogP contribution in [0.25, 0.3) is 0 Å². The molecule has 5 heteroatoms. The van der Waals surface area contributed by atoms with E-state index in [1.54, 1.807) is 6.08 Å². The molecular formula is C13H23N3O2. The summed E-state index contributed by atoms with van der Waals surface area (Å²) in [7, 11) is 0. The van der Waals surface area contributed by atoms with Crippen molar-refractivity contribution in [1.29, 1.82) is 0 Å². The van der Waals surface area contributed by atoms with Crippen LogP contribution < -0.4 is 10.6 Å². The highest BCUT2D eigenvalue weighted by molar-refractivity contribution is 5.95. The molecule has 0 aliphatic heterocycles. The molecule has 0 aromatic rings. The smallest absolute Gasteiger partial charge is 0.321 e. The zero-order valence-electron chi connectivity index (χ0n) is 11.2. The van der Waals surface area contributed by atoms with Crippen molar-refractivity contribution in [1.82, 2.24) is 15.5 Å². The molecule has 0 bridgehead atoms. The number of carbonyl (C=O) groups excluding carboxylic acids is 2. The number of imide groups is 1. The van der Waals surface area contributed by atoms with Crippen molar-refractivity contribution in [2.45, 2.75) is 45.2 Å². The van der Waals surface area contributed by atoms with Crippen LogP contribution in [-0.4, -0.2) is 42.0 Å². The SMILES string of the molecule is C=CCNC(=O)NC(=O)CN(C(C)C)C1CCC1. The molecule has 3 amide bonds. The van der Waals surface area contributed by atoms with Crippen molar-refractivity contribution < 1.29 is 9.59 Å². The monoisotopic (exact) mass is 253 g/mol. The third kappa shape index (κ3) is 4.49. The van der Waals surface area contributed by atoms with E-state index in [9.17, 15) is 9.59 Å². The van der Waals surface area contributed by atoms with E-state index in [1.807, 2.05) is 0 Å². The van der Waals surface area contributed by atoms with Gasteiger partial charge in [0.1, 0.15) is 0 Å². The third-order valence-corrected chi connectivity index (χ3v) is 3.19. The highest BCUT2D eigenvalue weighted by Gasteiger charge is 2.28. The fraction of sp³-hybridized carbons (Fsp3) is 0.692. The maximum Gasteiger partial charge on any atom is 0.321 e. The van der Waals surface area contributed by atoms with Gasteiger partial charge in [-0.2, -0.15) is 0 Å². The van der Waals surface area contributed by atoms with Crippen LogP contribution in [0.2, 0.25) is 0 Å². The molecular weight excluding hydrogens is 230 g/mol. The Morgan fingerprint density at radius 3 is 2.56 bits per heavy atom. The van der Waals surface area contributed by atoms with Crippen LogP contribution in [0.15, 0.2) is 12.7 Å². The van der Waals surface area contributed by atoms with Gasteiger partial charge in [0.25, 0.3) is 0 Å². The fourth-order valence-corrected chi connectivity index (χ4v) is 1.99. The first-order valence-electron chi connectivity index (χ1n) is 6.49. The minimum atomic E-state index is -0.461. The molecule has 2 N–H and O–H groups in total. The summed E-state index contributed by atoms with van der Waals surface area (Å²) in [6.07, 6.45) is 5.09. The Kier molecular flexibility index (Phi) is 5.85. The summed E-state index contributed by atoms with van der Waals surface area (Å²) in [6, 6.07) is 0.349. The van der Waals surface area contributed by atoms with Crippen LogP contribution in [0.4, 0.5) is 4.79 Å². The lowest BCUT2D eigenvalue weighted by Crippen LogP contribution is -2.51. The summed E-state index contributed by atoms with van der Waals surface area (Å²) in [5.74, 6) is -0.253. The van der Waals surface area contributed by atoms with Crippen LogP contribution in [0, 0.1) is 0 Å². The van der Waals surface area contributed by atoms with Crippen molar-refractivity contribution in [3.8, 4) is 0 Å². The standard InChI is InChI=1S/C13H23N3O2/c1-4-8-14-13(18)15-12(17)9-16(10(2)3)11-6-5-7-11/h4,10-11H,1,5-9H2,2-3H3,(H2,14,15,17,18). The maximum atomic E-state index is 11.7. The number of carbonyl (C=O) groups is 2. The molecule has 102 valence electrons. The number of hydrogen-bond acceptors (Lipinski definition) is 3. The molecule has 18 heavy (non-hydrogen) atoms. The van der Waals surface area contributed by atoms with E-state index in [2.05, 4.69) is 36.0 Å². The fourth-order valence-electron chi connectivity index (χ4n) is 1.99. The Morgan fingerprint density at radius 2 is 2.11 bits per heavy atom. The average Bonchev–Trinajstić information content (AvgIpc) is 2.22. The van der Waals surface area contributed by atoms with Gasteiger partial charge in [0.15, 0.2) is 0 Å². The topological polar surface area (TPSA) is 61.4 Å². The largest absolute Gasteiger partial charge is 0.334 e. The maximum absolute atomic E-state index is 11.7. The highest BCUT2D eigenvalue weighted by atomic mass is 16.2. The summed E-state index contributed by atoms with van der Waals surface area (Å²) in [6.45, 7) is 8.27. The van der Waals surface area contributed by atoms with Crippen molar-refractivity contribution in [2.24, 2.45) is 0 Å². The molecule has 1 saturated carbocycles. The van der Waals surface area contributed by atoms with Gasteiger partial charge < -0.3 is 5.32 Å². The molecule has 1 aliphatic rings.